The number of hydrogen-bond acceptors (Lipinski definition) is 4. The Bertz CT molecular complexity index is 425. The maximum absolute atomic E-state index is 6.24. The highest BCUT2D eigenvalue weighted by Gasteiger charge is 2.26. The fraction of sp³-hybridized carbons (Fsp3) is 0.786. The van der Waals surface area contributed by atoms with Crippen LogP contribution in [0.4, 0.5) is 11.5 Å². The van der Waals surface area contributed by atoms with Gasteiger partial charge in [-0.2, -0.15) is 5.10 Å². The molecule has 0 bridgehead atoms. The van der Waals surface area contributed by atoms with Crippen molar-refractivity contribution in [3.63, 3.8) is 0 Å². The van der Waals surface area contributed by atoms with Crippen LogP contribution >= 0.6 is 0 Å². The molecule has 1 aromatic heterocycles. The molecule has 0 aliphatic carbocycles. The van der Waals surface area contributed by atoms with E-state index < -0.39 is 0 Å². The molecule has 0 spiro atoms. The van der Waals surface area contributed by atoms with Crippen LogP contribution < -0.4 is 10.6 Å². The minimum absolute atomic E-state index is 0.328. The standard InChI is InChI=1S/C14H26N4O/c1-10(2)18-14(13(15)11(3)16-18)17-7-5-6-12(8-17)9-19-4/h10,12H,5-9,15H2,1-4H3. The molecular formula is C14H26N4O. The lowest BCUT2D eigenvalue weighted by molar-refractivity contribution is 0.143. The summed E-state index contributed by atoms with van der Waals surface area (Å²) in [6.07, 6.45) is 2.43. The Hall–Kier alpha value is -1.23. The highest BCUT2D eigenvalue weighted by molar-refractivity contribution is 5.66. The van der Waals surface area contributed by atoms with E-state index in [1.165, 1.54) is 12.8 Å². The molecule has 1 aliphatic heterocycles. The predicted octanol–water partition coefficient (Wildman–Crippen LogP) is 2.22. The zero-order valence-electron chi connectivity index (χ0n) is 12.5. The highest BCUT2D eigenvalue weighted by Crippen LogP contribution is 2.32. The van der Waals surface area contributed by atoms with E-state index in [9.17, 15) is 0 Å². The van der Waals surface area contributed by atoms with Gasteiger partial charge in [-0.15, -0.1) is 0 Å². The molecule has 19 heavy (non-hydrogen) atoms. The van der Waals surface area contributed by atoms with E-state index in [0.717, 1.165) is 36.9 Å². The molecule has 2 N–H and O–H groups in total. The Labute approximate surface area is 115 Å². The summed E-state index contributed by atoms with van der Waals surface area (Å²) in [7, 11) is 1.77. The molecule has 108 valence electrons. The van der Waals surface area contributed by atoms with Crippen molar-refractivity contribution in [3.05, 3.63) is 5.69 Å². The van der Waals surface area contributed by atoms with E-state index in [1.807, 2.05) is 6.92 Å². The number of ether oxygens (including phenoxy) is 1. The maximum atomic E-state index is 6.24. The van der Waals surface area contributed by atoms with Gasteiger partial charge in [0, 0.05) is 26.2 Å². The normalized spacial score (nSPS) is 20.3. The Kier molecular flexibility index (Phi) is 4.34. The first-order valence-corrected chi connectivity index (χ1v) is 7.13. The van der Waals surface area contributed by atoms with Crippen molar-refractivity contribution in [3.8, 4) is 0 Å². The van der Waals surface area contributed by atoms with E-state index in [2.05, 4.69) is 28.5 Å². The van der Waals surface area contributed by atoms with Gasteiger partial charge in [0.05, 0.1) is 18.0 Å². The second kappa shape index (κ2) is 5.82. The van der Waals surface area contributed by atoms with Crippen LogP contribution in [0.2, 0.25) is 0 Å². The summed E-state index contributed by atoms with van der Waals surface area (Å²) in [5.41, 5.74) is 7.99. The predicted molar refractivity (Wildman–Crippen MR) is 78.6 cm³/mol. The van der Waals surface area contributed by atoms with Crippen molar-refractivity contribution in [1.82, 2.24) is 9.78 Å². The zero-order valence-corrected chi connectivity index (χ0v) is 12.5. The number of hydrogen-bond donors (Lipinski definition) is 1. The summed E-state index contributed by atoms with van der Waals surface area (Å²) >= 11 is 0. The molecule has 1 saturated heterocycles. The number of nitrogen functional groups attached to an aromatic ring is 1. The van der Waals surface area contributed by atoms with Gasteiger partial charge in [-0.25, -0.2) is 4.68 Å². The molecule has 0 saturated carbocycles. The van der Waals surface area contributed by atoms with Gasteiger partial charge in [0.2, 0.25) is 0 Å². The van der Waals surface area contributed by atoms with Crippen molar-refractivity contribution in [1.29, 1.82) is 0 Å². The summed E-state index contributed by atoms with van der Waals surface area (Å²) in [6, 6.07) is 0.328. The molecule has 5 nitrogen and oxygen atoms in total. The molecule has 2 heterocycles. The quantitative estimate of drug-likeness (QED) is 0.908. The molecule has 1 aromatic rings. The van der Waals surface area contributed by atoms with Crippen LogP contribution in [0.25, 0.3) is 0 Å². The number of aromatic nitrogens is 2. The molecule has 0 aromatic carbocycles. The van der Waals surface area contributed by atoms with E-state index in [-0.39, 0.29) is 0 Å². The topological polar surface area (TPSA) is 56.3 Å². The van der Waals surface area contributed by atoms with Gasteiger partial charge in [-0.05, 0) is 39.5 Å². The Morgan fingerprint density at radius 1 is 1.47 bits per heavy atom. The molecule has 1 fully saturated rings. The second-order valence-electron chi connectivity index (χ2n) is 5.77. The summed E-state index contributed by atoms with van der Waals surface area (Å²) < 4.78 is 7.35. The third-order valence-corrected chi connectivity index (χ3v) is 3.82. The third-order valence-electron chi connectivity index (χ3n) is 3.82. The average Bonchev–Trinajstić information content (AvgIpc) is 2.67. The molecule has 2 rings (SSSR count). The Morgan fingerprint density at radius 3 is 2.84 bits per heavy atom. The Balaban J connectivity index is 2.25. The van der Waals surface area contributed by atoms with Gasteiger partial charge in [-0.3, -0.25) is 0 Å². The van der Waals surface area contributed by atoms with E-state index in [0.29, 0.717) is 12.0 Å². The van der Waals surface area contributed by atoms with Gasteiger partial charge < -0.3 is 15.4 Å². The van der Waals surface area contributed by atoms with Gasteiger partial charge >= 0.3 is 0 Å². The number of anilines is 2. The van der Waals surface area contributed by atoms with Crippen molar-refractivity contribution >= 4 is 11.5 Å². The summed E-state index contributed by atoms with van der Waals surface area (Å²) in [4.78, 5) is 2.38. The van der Waals surface area contributed by atoms with Crippen LogP contribution in [0.15, 0.2) is 0 Å². The van der Waals surface area contributed by atoms with Crippen LogP contribution in [0.5, 0.6) is 0 Å². The van der Waals surface area contributed by atoms with Gasteiger partial charge in [0.25, 0.3) is 0 Å². The van der Waals surface area contributed by atoms with Crippen LogP contribution in [0.3, 0.4) is 0 Å². The van der Waals surface area contributed by atoms with Crippen molar-refractivity contribution in [2.45, 2.75) is 39.7 Å². The van der Waals surface area contributed by atoms with Crippen molar-refractivity contribution < 1.29 is 4.74 Å². The van der Waals surface area contributed by atoms with Gasteiger partial charge in [-0.1, -0.05) is 0 Å². The van der Waals surface area contributed by atoms with E-state index in [1.54, 1.807) is 7.11 Å². The molecule has 1 unspecified atom stereocenters. The zero-order chi connectivity index (χ0) is 14.0. The minimum atomic E-state index is 0.328. The Morgan fingerprint density at radius 2 is 2.21 bits per heavy atom. The summed E-state index contributed by atoms with van der Waals surface area (Å²) in [5, 5.41) is 4.57. The van der Waals surface area contributed by atoms with Crippen molar-refractivity contribution in [2.75, 3.05) is 37.4 Å². The smallest absolute Gasteiger partial charge is 0.150 e. The molecular weight excluding hydrogens is 240 g/mol. The van der Waals surface area contributed by atoms with Crippen LogP contribution in [0, 0.1) is 12.8 Å². The van der Waals surface area contributed by atoms with Crippen LogP contribution in [-0.2, 0) is 4.74 Å². The lowest BCUT2D eigenvalue weighted by Gasteiger charge is -2.35. The maximum Gasteiger partial charge on any atom is 0.150 e. The first-order valence-electron chi connectivity index (χ1n) is 7.13. The van der Waals surface area contributed by atoms with E-state index in [4.69, 9.17) is 10.5 Å². The SMILES string of the molecule is COCC1CCCN(c2c(N)c(C)nn2C(C)C)C1. The van der Waals surface area contributed by atoms with E-state index >= 15 is 0 Å². The molecule has 1 atom stereocenters. The lowest BCUT2D eigenvalue weighted by Crippen LogP contribution is -2.38. The fourth-order valence-electron chi connectivity index (χ4n) is 2.85. The average molecular weight is 266 g/mol. The highest BCUT2D eigenvalue weighted by atomic mass is 16.5. The number of rotatable bonds is 4. The summed E-state index contributed by atoms with van der Waals surface area (Å²) in [5.74, 6) is 1.68. The third kappa shape index (κ3) is 2.86. The second-order valence-corrected chi connectivity index (χ2v) is 5.77. The first-order chi connectivity index (χ1) is 9.04. The minimum Gasteiger partial charge on any atom is -0.394 e. The summed E-state index contributed by atoms with van der Waals surface area (Å²) in [6.45, 7) is 9.16. The van der Waals surface area contributed by atoms with Crippen LogP contribution in [-0.4, -0.2) is 36.6 Å². The number of piperidine rings is 1. The number of methoxy groups -OCH3 is 1. The first kappa shape index (κ1) is 14.2. The number of aryl methyl sites for hydroxylation is 1. The lowest BCUT2D eigenvalue weighted by atomic mass is 9.99. The molecule has 0 radical (unpaired) electrons. The van der Waals surface area contributed by atoms with Gasteiger partial charge in [0.1, 0.15) is 0 Å². The van der Waals surface area contributed by atoms with Crippen LogP contribution in [0.1, 0.15) is 38.4 Å². The number of nitrogens with zero attached hydrogens (tertiary/aromatic N) is 3. The van der Waals surface area contributed by atoms with Gasteiger partial charge in [0.15, 0.2) is 5.82 Å². The molecule has 1 aliphatic rings. The molecule has 0 amide bonds. The van der Waals surface area contributed by atoms with Crippen molar-refractivity contribution in [2.24, 2.45) is 5.92 Å². The number of nitrogens with two attached hydrogens (primary N) is 1. The molecule has 5 heteroatoms. The monoisotopic (exact) mass is 266 g/mol. The fourth-order valence-corrected chi connectivity index (χ4v) is 2.85. The largest absolute Gasteiger partial charge is 0.394 e.